The highest BCUT2D eigenvalue weighted by atomic mass is 16.5. The lowest BCUT2D eigenvalue weighted by molar-refractivity contribution is -0.0244. The van der Waals surface area contributed by atoms with Crippen molar-refractivity contribution >= 4 is 0 Å². The van der Waals surface area contributed by atoms with E-state index in [2.05, 4.69) is 6.07 Å². The van der Waals surface area contributed by atoms with E-state index in [4.69, 9.17) is 10.00 Å². The van der Waals surface area contributed by atoms with Crippen molar-refractivity contribution in [2.45, 2.75) is 57.0 Å². The topological polar surface area (TPSA) is 33.0 Å². The number of nitrogens with zero attached hydrogens (tertiary/aromatic N) is 1. The molecule has 0 atom stereocenters. The predicted molar refractivity (Wildman–Crippen MR) is 54.7 cm³/mol. The maximum atomic E-state index is 9.10. The van der Waals surface area contributed by atoms with Gasteiger partial charge in [-0.25, -0.2) is 0 Å². The van der Waals surface area contributed by atoms with Gasteiger partial charge in [-0.1, -0.05) is 12.8 Å². The van der Waals surface area contributed by atoms with Crippen molar-refractivity contribution < 1.29 is 4.74 Å². The number of hydrogen-bond acceptors (Lipinski definition) is 2. The van der Waals surface area contributed by atoms with Gasteiger partial charge in [0.15, 0.2) is 5.60 Å². The minimum Gasteiger partial charge on any atom is -0.363 e. The first kappa shape index (κ1) is 9.98. The van der Waals surface area contributed by atoms with E-state index in [1.54, 1.807) is 7.11 Å². The zero-order valence-corrected chi connectivity index (χ0v) is 9.01. The fourth-order valence-corrected chi connectivity index (χ4v) is 3.17. The third-order valence-electron chi connectivity index (χ3n) is 4.38. The smallest absolute Gasteiger partial charge is 0.153 e. The van der Waals surface area contributed by atoms with Gasteiger partial charge in [0.25, 0.3) is 0 Å². The molecule has 2 saturated carbocycles. The van der Waals surface area contributed by atoms with Crippen LogP contribution in [0.5, 0.6) is 0 Å². The largest absolute Gasteiger partial charge is 0.363 e. The van der Waals surface area contributed by atoms with E-state index in [0.717, 1.165) is 12.8 Å². The fourth-order valence-electron chi connectivity index (χ4n) is 3.17. The highest BCUT2D eigenvalue weighted by Gasteiger charge is 2.44. The molecule has 0 amide bonds. The highest BCUT2D eigenvalue weighted by Crippen LogP contribution is 2.51. The zero-order valence-electron chi connectivity index (χ0n) is 9.01. The molecule has 0 aromatic heterocycles. The van der Waals surface area contributed by atoms with Crippen molar-refractivity contribution in [2.75, 3.05) is 7.11 Å². The number of methoxy groups -OCH3 is 1. The summed E-state index contributed by atoms with van der Waals surface area (Å²) in [6.45, 7) is 0. The zero-order chi connectivity index (χ0) is 10.1. The van der Waals surface area contributed by atoms with Crippen molar-refractivity contribution in [1.29, 1.82) is 5.26 Å². The van der Waals surface area contributed by atoms with Crippen LogP contribution in [0.1, 0.15) is 51.4 Å². The average Bonchev–Trinajstić information content (AvgIpc) is 2.69. The molecule has 0 aromatic rings. The van der Waals surface area contributed by atoms with Gasteiger partial charge in [0, 0.05) is 7.11 Å². The molecule has 0 bridgehead atoms. The van der Waals surface area contributed by atoms with Crippen LogP contribution in [0.15, 0.2) is 0 Å². The maximum absolute atomic E-state index is 9.10. The fraction of sp³-hybridized carbons (Fsp3) is 0.917. The molecule has 0 heterocycles. The molecule has 2 aliphatic rings. The molecule has 2 aliphatic carbocycles. The SMILES string of the molecule is COC1(C#N)CCC2(CCCC2)CC1. The Morgan fingerprint density at radius 3 is 2.00 bits per heavy atom. The summed E-state index contributed by atoms with van der Waals surface area (Å²) in [5.41, 5.74) is 0.146. The number of ether oxygens (including phenoxy) is 1. The number of nitriles is 1. The normalized spacial score (nSPS) is 28.9. The third kappa shape index (κ3) is 1.54. The molecule has 2 nitrogen and oxygen atoms in total. The molecule has 2 fully saturated rings. The van der Waals surface area contributed by atoms with E-state index < -0.39 is 5.60 Å². The van der Waals surface area contributed by atoms with Crippen LogP contribution in [-0.2, 0) is 4.74 Å². The van der Waals surface area contributed by atoms with Gasteiger partial charge in [-0.2, -0.15) is 5.26 Å². The molecule has 0 saturated heterocycles. The summed E-state index contributed by atoms with van der Waals surface area (Å²) in [5.74, 6) is 0. The molecule has 2 rings (SSSR count). The van der Waals surface area contributed by atoms with Crippen LogP contribution in [0.25, 0.3) is 0 Å². The summed E-state index contributed by atoms with van der Waals surface area (Å²) in [6.07, 6.45) is 9.86. The molecule has 14 heavy (non-hydrogen) atoms. The van der Waals surface area contributed by atoms with Crippen molar-refractivity contribution in [3.63, 3.8) is 0 Å². The Bertz CT molecular complexity index is 238. The van der Waals surface area contributed by atoms with Crippen molar-refractivity contribution in [3.8, 4) is 6.07 Å². The Morgan fingerprint density at radius 1 is 1.00 bits per heavy atom. The molecular formula is C12H19NO. The first-order valence-electron chi connectivity index (χ1n) is 5.71. The Balaban J connectivity index is 2.01. The number of rotatable bonds is 1. The molecule has 0 unspecified atom stereocenters. The highest BCUT2D eigenvalue weighted by molar-refractivity contribution is 5.07. The molecule has 78 valence electrons. The van der Waals surface area contributed by atoms with Crippen LogP contribution >= 0.6 is 0 Å². The monoisotopic (exact) mass is 193 g/mol. The van der Waals surface area contributed by atoms with Crippen LogP contribution in [0, 0.1) is 16.7 Å². The van der Waals surface area contributed by atoms with Crippen LogP contribution in [0.3, 0.4) is 0 Å². The minimum atomic E-state index is -0.451. The van der Waals surface area contributed by atoms with Crippen molar-refractivity contribution in [1.82, 2.24) is 0 Å². The molecule has 1 spiro atoms. The average molecular weight is 193 g/mol. The van der Waals surface area contributed by atoms with E-state index in [-0.39, 0.29) is 0 Å². The Labute approximate surface area is 86.2 Å². The maximum Gasteiger partial charge on any atom is 0.153 e. The van der Waals surface area contributed by atoms with E-state index in [9.17, 15) is 0 Å². The molecular weight excluding hydrogens is 174 g/mol. The summed E-state index contributed by atoms with van der Waals surface area (Å²) in [6, 6.07) is 2.35. The quantitative estimate of drug-likeness (QED) is 0.641. The Kier molecular flexibility index (Phi) is 2.53. The van der Waals surface area contributed by atoms with Gasteiger partial charge >= 0.3 is 0 Å². The summed E-state index contributed by atoms with van der Waals surface area (Å²) in [4.78, 5) is 0. The predicted octanol–water partition coefficient (Wildman–Crippen LogP) is 3.03. The standard InChI is InChI=1S/C12H19NO/c1-14-12(10-13)8-6-11(7-9-12)4-2-3-5-11/h2-9H2,1H3. The van der Waals surface area contributed by atoms with Gasteiger partial charge in [0.1, 0.15) is 0 Å². The molecule has 0 aliphatic heterocycles. The van der Waals surface area contributed by atoms with Gasteiger partial charge in [-0.15, -0.1) is 0 Å². The van der Waals surface area contributed by atoms with E-state index in [1.807, 2.05) is 0 Å². The van der Waals surface area contributed by atoms with Gasteiger partial charge in [-0.3, -0.25) is 0 Å². The number of hydrogen-bond donors (Lipinski definition) is 0. The summed E-state index contributed by atoms with van der Waals surface area (Å²) in [7, 11) is 1.68. The van der Waals surface area contributed by atoms with Crippen molar-refractivity contribution in [3.05, 3.63) is 0 Å². The van der Waals surface area contributed by atoms with E-state index in [0.29, 0.717) is 5.41 Å². The molecule has 2 heteroatoms. The van der Waals surface area contributed by atoms with Crippen molar-refractivity contribution in [2.24, 2.45) is 5.41 Å². The van der Waals surface area contributed by atoms with E-state index in [1.165, 1.54) is 38.5 Å². The second-order valence-corrected chi connectivity index (χ2v) is 5.02. The van der Waals surface area contributed by atoms with Crippen LogP contribution in [-0.4, -0.2) is 12.7 Å². The Hall–Kier alpha value is -0.550. The van der Waals surface area contributed by atoms with Crippen LogP contribution in [0.4, 0.5) is 0 Å². The second-order valence-electron chi connectivity index (χ2n) is 5.02. The summed E-state index contributed by atoms with van der Waals surface area (Å²) >= 11 is 0. The molecule has 0 aromatic carbocycles. The van der Waals surface area contributed by atoms with Gasteiger partial charge in [-0.05, 0) is 43.9 Å². The van der Waals surface area contributed by atoms with Crippen LogP contribution in [0.2, 0.25) is 0 Å². The van der Waals surface area contributed by atoms with Gasteiger partial charge < -0.3 is 4.74 Å². The minimum absolute atomic E-state index is 0.451. The summed E-state index contributed by atoms with van der Waals surface area (Å²) < 4.78 is 5.37. The lowest BCUT2D eigenvalue weighted by Gasteiger charge is -2.40. The van der Waals surface area contributed by atoms with Gasteiger partial charge in [0.05, 0.1) is 6.07 Å². The van der Waals surface area contributed by atoms with E-state index >= 15 is 0 Å². The lowest BCUT2D eigenvalue weighted by atomic mass is 9.68. The second kappa shape index (κ2) is 3.55. The van der Waals surface area contributed by atoms with Gasteiger partial charge in [0.2, 0.25) is 0 Å². The summed E-state index contributed by atoms with van der Waals surface area (Å²) in [5, 5.41) is 9.10. The molecule has 0 N–H and O–H groups in total. The van der Waals surface area contributed by atoms with Crippen LogP contribution < -0.4 is 0 Å². The lowest BCUT2D eigenvalue weighted by Crippen LogP contribution is -2.38. The molecule has 0 radical (unpaired) electrons. The third-order valence-corrected chi connectivity index (χ3v) is 4.38. The Morgan fingerprint density at radius 2 is 1.57 bits per heavy atom. The first-order chi connectivity index (χ1) is 6.74. The first-order valence-corrected chi connectivity index (χ1v) is 5.71.